The number of nitrogens with two attached hydrogens (primary N) is 1. The van der Waals surface area contributed by atoms with Gasteiger partial charge in [-0.15, -0.1) is 0 Å². The third-order valence-electron chi connectivity index (χ3n) is 2.37. The molecule has 2 N–H and O–H groups in total. The van der Waals surface area contributed by atoms with E-state index in [1.54, 1.807) is 19.2 Å². The molecule has 0 spiro atoms. The minimum atomic E-state index is 0.576. The van der Waals surface area contributed by atoms with E-state index in [2.05, 4.69) is 6.07 Å². The van der Waals surface area contributed by atoms with Crippen molar-refractivity contribution in [3.63, 3.8) is 0 Å². The van der Waals surface area contributed by atoms with Crippen LogP contribution >= 0.6 is 0 Å². The molecule has 74 valence electrons. The maximum atomic E-state index is 8.79. The minimum Gasteiger partial charge on any atom is -0.495 e. The van der Waals surface area contributed by atoms with Gasteiger partial charge < -0.3 is 10.5 Å². The fraction of sp³-hybridized carbons (Fsp3) is 0.0833. The number of benzene rings is 2. The largest absolute Gasteiger partial charge is 0.495 e. The molecule has 3 heteroatoms. The van der Waals surface area contributed by atoms with Crippen molar-refractivity contribution in [3.8, 4) is 11.8 Å². The highest BCUT2D eigenvalue weighted by Gasteiger charge is 2.04. The Labute approximate surface area is 87.7 Å². The van der Waals surface area contributed by atoms with Crippen molar-refractivity contribution < 1.29 is 4.74 Å². The molecular weight excluding hydrogens is 188 g/mol. The Hall–Kier alpha value is -2.21. The van der Waals surface area contributed by atoms with Crippen LogP contribution in [0.1, 0.15) is 5.56 Å². The van der Waals surface area contributed by atoms with E-state index in [-0.39, 0.29) is 0 Å². The molecule has 0 bridgehead atoms. The number of nitriles is 1. The Morgan fingerprint density at radius 1 is 1.27 bits per heavy atom. The Morgan fingerprint density at radius 2 is 2.00 bits per heavy atom. The van der Waals surface area contributed by atoms with Crippen molar-refractivity contribution in [2.24, 2.45) is 0 Å². The highest BCUT2D eigenvalue weighted by Crippen LogP contribution is 2.30. The maximum Gasteiger partial charge on any atom is 0.142 e. The zero-order valence-corrected chi connectivity index (χ0v) is 8.32. The fourth-order valence-corrected chi connectivity index (χ4v) is 1.57. The molecule has 0 heterocycles. The molecule has 0 aromatic heterocycles. The molecule has 2 rings (SSSR count). The highest BCUT2D eigenvalue weighted by atomic mass is 16.5. The molecule has 0 fully saturated rings. The lowest BCUT2D eigenvalue weighted by molar-refractivity contribution is 0.417. The molecule has 0 aliphatic heterocycles. The van der Waals surface area contributed by atoms with Crippen molar-refractivity contribution in [1.82, 2.24) is 0 Å². The number of hydrogen-bond donors (Lipinski definition) is 1. The molecule has 0 saturated heterocycles. The highest BCUT2D eigenvalue weighted by molar-refractivity contribution is 5.96. The van der Waals surface area contributed by atoms with E-state index < -0.39 is 0 Å². The first kappa shape index (κ1) is 9.35. The second kappa shape index (κ2) is 3.50. The first-order chi connectivity index (χ1) is 7.26. The summed E-state index contributed by atoms with van der Waals surface area (Å²) in [5.41, 5.74) is 7.09. The van der Waals surface area contributed by atoms with Gasteiger partial charge in [-0.3, -0.25) is 0 Å². The van der Waals surface area contributed by atoms with E-state index >= 15 is 0 Å². The monoisotopic (exact) mass is 198 g/mol. The second-order valence-corrected chi connectivity index (χ2v) is 3.23. The molecule has 0 unspecified atom stereocenters. The van der Waals surface area contributed by atoms with Crippen LogP contribution in [0.25, 0.3) is 10.8 Å². The van der Waals surface area contributed by atoms with E-state index in [1.807, 2.05) is 18.2 Å². The van der Waals surface area contributed by atoms with Crippen LogP contribution in [0, 0.1) is 11.3 Å². The molecule has 2 aromatic carbocycles. The number of methoxy groups -OCH3 is 1. The number of fused-ring (bicyclic) bond motifs is 1. The third-order valence-corrected chi connectivity index (χ3v) is 2.37. The van der Waals surface area contributed by atoms with Gasteiger partial charge in [0.05, 0.1) is 24.4 Å². The summed E-state index contributed by atoms with van der Waals surface area (Å²) in [6, 6.07) is 11.3. The van der Waals surface area contributed by atoms with Crippen LogP contribution in [0.5, 0.6) is 5.75 Å². The predicted octanol–water partition coefficient (Wildman–Crippen LogP) is 2.30. The molecule has 0 aliphatic rings. The first-order valence-corrected chi connectivity index (χ1v) is 4.52. The van der Waals surface area contributed by atoms with E-state index in [0.717, 1.165) is 10.8 Å². The fourth-order valence-electron chi connectivity index (χ4n) is 1.57. The van der Waals surface area contributed by atoms with Gasteiger partial charge in [-0.25, -0.2) is 0 Å². The Kier molecular flexibility index (Phi) is 2.18. The molecule has 0 radical (unpaired) electrons. The van der Waals surface area contributed by atoms with Crippen LogP contribution in [-0.2, 0) is 0 Å². The number of anilines is 1. The van der Waals surface area contributed by atoms with Gasteiger partial charge in [0.2, 0.25) is 0 Å². The Morgan fingerprint density at radius 3 is 2.67 bits per heavy atom. The number of rotatable bonds is 1. The molecule has 2 aromatic rings. The Balaban J connectivity index is 2.79. The van der Waals surface area contributed by atoms with Crippen LogP contribution in [0.4, 0.5) is 5.69 Å². The molecular formula is C12H10N2O. The summed E-state index contributed by atoms with van der Waals surface area (Å²) in [5, 5.41) is 10.7. The Bertz CT molecular complexity index is 555. The van der Waals surface area contributed by atoms with Crippen LogP contribution < -0.4 is 10.5 Å². The third kappa shape index (κ3) is 1.46. The molecule has 0 amide bonds. The number of nitrogens with zero attached hydrogens (tertiary/aromatic N) is 1. The van der Waals surface area contributed by atoms with Crippen molar-refractivity contribution in [2.75, 3.05) is 12.8 Å². The normalized spacial score (nSPS) is 9.87. The van der Waals surface area contributed by atoms with Gasteiger partial charge in [0.15, 0.2) is 0 Å². The van der Waals surface area contributed by atoms with Crippen molar-refractivity contribution in [1.29, 1.82) is 5.26 Å². The van der Waals surface area contributed by atoms with Crippen molar-refractivity contribution >= 4 is 16.5 Å². The van der Waals surface area contributed by atoms with Crippen LogP contribution in [0.2, 0.25) is 0 Å². The zero-order valence-electron chi connectivity index (χ0n) is 8.32. The number of hydrogen-bond acceptors (Lipinski definition) is 3. The van der Waals surface area contributed by atoms with Crippen LogP contribution in [0.15, 0.2) is 30.3 Å². The molecule has 15 heavy (non-hydrogen) atoms. The summed E-state index contributed by atoms with van der Waals surface area (Å²) < 4.78 is 5.12. The zero-order chi connectivity index (χ0) is 10.8. The van der Waals surface area contributed by atoms with Crippen LogP contribution in [-0.4, -0.2) is 7.11 Å². The SMILES string of the molecule is COc1ccc2ccc(C#N)cc2c1N. The van der Waals surface area contributed by atoms with E-state index in [0.29, 0.717) is 17.0 Å². The lowest BCUT2D eigenvalue weighted by Crippen LogP contribution is -1.93. The average Bonchev–Trinajstić information content (AvgIpc) is 2.29. The lowest BCUT2D eigenvalue weighted by atomic mass is 10.1. The second-order valence-electron chi connectivity index (χ2n) is 3.23. The number of nitrogen functional groups attached to an aromatic ring is 1. The van der Waals surface area contributed by atoms with Gasteiger partial charge in [0.1, 0.15) is 5.75 Å². The molecule has 0 atom stereocenters. The smallest absolute Gasteiger partial charge is 0.142 e. The summed E-state index contributed by atoms with van der Waals surface area (Å²) in [7, 11) is 1.58. The quantitative estimate of drug-likeness (QED) is 0.715. The molecule has 3 nitrogen and oxygen atoms in total. The van der Waals surface area contributed by atoms with Gasteiger partial charge in [0, 0.05) is 5.39 Å². The lowest BCUT2D eigenvalue weighted by Gasteiger charge is -2.07. The summed E-state index contributed by atoms with van der Waals surface area (Å²) in [6.07, 6.45) is 0. The average molecular weight is 198 g/mol. The van der Waals surface area contributed by atoms with Crippen molar-refractivity contribution in [2.45, 2.75) is 0 Å². The van der Waals surface area contributed by atoms with E-state index in [4.69, 9.17) is 15.7 Å². The van der Waals surface area contributed by atoms with Crippen LogP contribution in [0.3, 0.4) is 0 Å². The first-order valence-electron chi connectivity index (χ1n) is 4.52. The number of ether oxygens (including phenoxy) is 1. The minimum absolute atomic E-state index is 0.576. The van der Waals surface area contributed by atoms with Gasteiger partial charge in [-0.05, 0) is 23.6 Å². The van der Waals surface area contributed by atoms with E-state index in [1.165, 1.54) is 0 Å². The summed E-state index contributed by atoms with van der Waals surface area (Å²) in [5.74, 6) is 0.637. The standard InChI is InChI=1S/C12H10N2O/c1-15-11-5-4-9-3-2-8(7-13)6-10(9)12(11)14/h2-6H,14H2,1H3. The maximum absolute atomic E-state index is 8.79. The summed E-state index contributed by atoms with van der Waals surface area (Å²) in [6.45, 7) is 0. The van der Waals surface area contributed by atoms with Gasteiger partial charge in [-0.1, -0.05) is 12.1 Å². The van der Waals surface area contributed by atoms with Gasteiger partial charge in [0.25, 0.3) is 0 Å². The summed E-state index contributed by atoms with van der Waals surface area (Å²) >= 11 is 0. The van der Waals surface area contributed by atoms with Gasteiger partial charge >= 0.3 is 0 Å². The molecule has 0 saturated carbocycles. The van der Waals surface area contributed by atoms with Gasteiger partial charge in [-0.2, -0.15) is 5.26 Å². The predicted molar refractivity (Wildman–Crippen MR) is 59.6 cm³/mol. The summed E-state index contributed by atoms with van der Waals surface area (Å²) in [4.78, 5) is 0. The molecule has 0 aliphatic carbocycles. The van der Waals surface area contributed by atoms with Crippen molar-refractivity contribution in [3.05, 3.63) is 35.9 Å². The topological polar surface area (TPSA) is 59.0 Å². The van der Waals surface area contributed by atoms with E-state index in [9.17, 15) is 0 Å².